The highest BCUT2D eigenvalue weighted by molar-refractivity contribution is 9.09. The highest BCUT2D eigenvalue weighted by atomic mass is 79.9. The second-order valence-corrected chi connectivity index (χ2v) is 9.38. The smallest absolute Gasteiger partial charge is 0.150 e. The number of alkyl halides is 2. The van der Waals surface area contributed by atoms with Crippen LogP contribution in [0, 0.1) is 17.2 Å². The van der Waals surface area contributed by atoms with Gasteiger partial charge in [-0.1, -0.05) is 55.6 Å². The summed E-state index contributed by atoms with van der Waals surface area (Å²) in [5, 5.41) is 1.32. The first-order valence-electron chi connectivity index (χ1n) is 6.59. The van der Waals surface area contributed by atoms with Gasteiger partial charge in [-0.05, 0) is 35.8 Å². The van der Waals surface area contributed by atoms with Crippen molar-refractivity contribution >= 4 is 53.3 Å². The summed E-state index contributed by atoms with van der Waals surface area (Å²) in [6, 6.07) is 4.95. The molecule has 0 aromatic heterocycles. The van der Waals surface area contributed by atoms with Gasteiger partial charge in [0.25, 0.3) is 0 Å². The molecule has 1 aliphatic rings. The number of benzene rings is 1. The van der Waals surface area contributed by atoms with Crippen LogP contribution in [-0.4, -0.2) is 30.6 Å². The molecule has 1 aromatic rings. The van der Waals surface area contributed by atoms with Crippen molar-refractivity contribution in [3.63, 3.8) is 0 Å². The Kier molecular flexibility index (Phi) is 5.77. The Morgan fingerprint density at radius 1 is 1.33 bits per heavy atom. The van der Waals surface area contributed by atoms with Gasteiger partial charge in [-0.3, -0.25) is 0 Å². The molecule has 1 saturated heterocycles. The average Bonchev–Trinajstić information content (AvgIpc) is 2.81. The van der Waals surface area contributed by atoms with Crippen molar-refractivity contribution in [2.24, 2.45) is 11.3 Å². The lowest BCUT2D eigenvalue weighted by atomic mass is 9.74. The standard InChI is InChI=1S/C14H16Br2ClFO2S/c15-8-14(9-16,11-4-5-21(19,20)7-11)6-10-2-1-3-12(17)13(10)18/h1-3,11H,4-9H2. The van der Waals surface area contributed by atoms with Crippen LogP contribution in [0.3, 0.4) is 0 Å². The first-order chi connectivity index (χ1) is 9.83. The van der Waals surface area contributed by atoms with Crippen molar-refractivity contribution < 1.29 is 12.8 Å². The van der Waals surface area contributed by atoms with Gasteiger partial charge in [-0.2, -0.15) is 0 Å². The van der Waals surface area contributed by atoms with Crippen LogP contribution >= 0.6 is 43.5 Å². The van der Waals surface area contributed by atoms with Crippen LogP contribution in [0.5, 0.6) is 0 Å². The Balaban J connectivity index is 2.32. The fourth-order valence-electron chi connectivity index (χ4n) is 2.84. The first kappa shape index (κ1) is 17.7. The van der Waals surface area contributed by atoms with Gasteiger partial charge in [0.2, 0.25) is 0 Å². The topological polar surface area (TPSA) is 34.1 Å². The number of hydrogen-bond donors (Lipinski definition) is 0. The fourth-order valence-corrected chi connectivity index (χ4v) is 7.21. The van der Waals surface area contributed by atoms with Crippen LogP contribution in [0.15, 0.2) is 18.2 Å². The second kappa shape index (κ2) is 6.85. The maximum Gasteiger partial charge on any atom is 0.150 e. The molecule has 0 bridgehead atoms. The monoisotopic (exact) mass is 460 g/mol. The quantitative estimate of drug-likeness (QED) is 0.614. The van der Waals surface area contributed by atoms with Crippen molar-refractivity contribution in [3.05, 3.63) is 34.6 Å². The molecule has 0 spiro atoms. The average molecular weight is 463 g/mol. The van der Waals surface area contributed by atoms with Crippen molar-refractivity contribution in [2.45, 2.75) is 12.8 Å². The summed E-state index contributed by atoms with van der Waals surface area (Å²) >= 11 is 12.8. The van der Waals surface area contributed by atoms with Gasteiger partial charge >= 0.3 is 0 Å². The van der Waals surface area contributed by atoms with E-state index in [2.05, 4.69) is 31.9 Å². The second-order valence-electron chi connectivity index (χ2n) is 5.62. The van der Waals surface area contributed by atoms with Crippen LogP contribution in [0.2, 0.25) is 5.02 Å². The van der Waals surface area contributed by atoms with Gasteiger partial charge in [0.1, 0.15) is 5.82 Å². The molecule has 7 heteroatoms. The molecular formula is C14H16Br2ClFO2S. The van der Waals surface area contributed by atoms with E-state index >= 15 is 0 Å². The fraction of sp³-hybridized carbons (Fsp3) is 0.571. The summed E-state index contributed by atoms with van der Waals surface area (Å²) in [5.74, 6) is -0.00460. The van der Waals surface area contributed by atoms with E-state index < -0.39 is 15.7 Å². The molecule has 2 rings (SSSR count). The van der Waals surface area contributed by atoms with Gasteiger partial charge in [0.05, 0.1) is 16.5 Å². The molecule has 1 unspecified atom stereocenters. The largest absolute Gasteiger partial charge is 0.229 e. The third-order valence-electron chi connectivity index (χ3n) is 4.20. The lowest BCUT2D eigenvalue weighted by molar-refractivity contribution is 0.250. The molecule has 118 valence electrons. The molecule has 1 heterocycles. The lowest BCUT2D eigenvalue weighted by Gasteiger charge is -2.36. The van der Waals surface area contributed by atoms with E-state index in [9.17, 15) is 12.8 Å². The molecule has 0 aliphatic carbocycles. The summed E-state index contributed by atoms with van der Waals surface area (Å²) in [6.45, 7) is 0. The van der Waals surface area contributed by atoms with Crippen molar-refractivity contribution in [2.75, 3.05) is 22.2 Å². The zero-order chi connectivity index (χ0) is 15.7. The Morgan fingerprint density at radius 2 is 2.00 bits per heavy atom. The van der Waals surface area contributed by atoms with E-state index in [0.717, 1.165) is 0 Å². The Morgan fingerprint density at radius 3 is 2.52 bits per heavy atom. The van der Waals surface area contributed by atoms with Gasteiger partial charge in [-0.25, -0.2) is 12.8 Å². The predicted molar refractivity (Wildman–Crippen MR) is 91.9 cm³/mol. The maximum atomic E-state index is 14.2. The molecule has 0 saturated carbocycles. The van der Waals surface area contributed by atoms with Crippen LogP contribution in [0.4, 0.5) is 4.39 Å². The minimum atomic E-state index is -2.97. The van der Waals surface area contributed by atoms with Crippen LogP contribution in [0.1, 0.15) is 12.0 Å². The highest BCUT2D eigenvalue weighted by Gasteiger charge is 2.43. The molecule has 1 atom stereocenters. The van der Waals surface area contributed by atoms with E-state index in [1.165, 1.54) is 6.07 Å². The van der Waals surface area contributed by atoms with Gasteiger partial charge in [0, 0.05) is 10.7 Å². The van der Waals surface area contributed by atoms with Crippen LogP contribution < -0.4 is 0 Å². The van der Waals surface area contributed by atoms with E-state index in [0.29, 0.717) is 29.1 Å². The zero-order valence-electron chi connectivity index (χ0n) is 11.3. The minimum Gasteiger partial charge on any atom is -0.229 e. The Labute approximate surface area is 146 Å². The predicted octanol–water partition coefficient (Wildman–Crippen LogP) is 4.23. The zero-order valence-corrected chi connectivity index (χ0v) is 16.0. The van der Waals surface area contributed by atoms with E-state index in [1.807, 2.05) is 0 Å². The number of hydrogen-bond acceptors (Lipinski definition) is 2. The van der Waals surface area contributed by atoms with Gasteiger partial charge < -0.3 is 0 Å². The molecule has 2 nitrogen and oxygen atoms in total. The molecule has 1 fully saturated rings. The van der Waals surface area contributed by atoms with Crippen LogP contribution in [-0.2, 0) is 16.3 Å². The van der Waals surface area contributed by atoms with Gasteiger partial charge in [-0.15, -0.1) is 0 Å². The third kappa shape index (κ3) is 3.82. The number of rotatable bonds is 5. The highest BCUT2D eigenvalue weighted by Crippen LogP contribution is 2.42. The normalized spacial score (nSPS) is 21.6. The van der Waals surface area contributed by atoms with Gasteiger partial charge in [0.15, 0.2) is 9.84 Å². The van der Waals surface area contributed by atoms with Crippen LogP contribution in [0.25, 0.3) is 0 Å². The molecule has 1 aromatic carbocycles. The summed E-state index contributed by atoms with van der Waals surface area (Å²) < 4.78 is 37.7. The number of sulfone groups is 1. The molecule has 0 radical (unpaired) electrons. The van der Waals surface area contributed by atoms with Crippen molar-refractivity contribution in [1.82, 2.24) is 0 Å². The third-order valence-corrected chi connectivity index (χ3v) is 8.50. The summed E-state index contributed by atoms with van der Waals surface area (Å²) in [4.78, 5) is 0. The lowest BCUT2D eigenvalue weighted by Crippen LogP contribution is -2.37. The van der Waals surface area contributed by atoms with Crippen molar-refractivity contribution in [1.29, 1.82) is 0 Å². The summed E-state index contributed by atoms with van der Waals surface area (Å²) in [7, 11) is -2.97. The number of halogens is 4. The molecule has 21 heavy (non-hydrogen) atoms. The first-order valence-corrected chi connectivity index (χ1v) is 11.0. The molecule has 1 aliphatic heterocycles. The minimum absolute atomic E-state index is 0.0135. The SMILES string of the molecule is O=S1(=O)CCC(C(CBr)(CBr)Cc2cccc(Cl)c2F)C1. The van der Waals surface area contributed by atoms with E-state index in [4.69, 9.17) is 11.6 Å². The Hall–Kier alpha value is 0.350. The maximum absolute atomic E-state index is 14.2. The Bertz CT molecular complexity index is 617. The summed E-state index contributed by atoms with van der Waals surface area (Å²) in [6.07, 6.45) is 1.08. The molecule has 0 amide bonds. The van der Waals surface area contributed by atoms with E-state index in [-0.39, 0.29) is 27.9 Å². The summed E-state index contributed by atoms with van der Waals surface area (Å²) in [5.41, 5.74) is 0.195. The van der Waals surface area contributed by atoms with Crippen molar-refractivity contribution in [3.8, 4) is 0 Å². The molecular weight excluding hydrogens is 446 g/mol. The van der Waals surface area contributed by atoms with E-state index in [1.54, 1.807) is 12.1 Å². The molecule has 0 N–H and O–H groups in total.